The lowest BCUT2D eigenvalue weighted by Gasteiger charge is -1.87. The van der Waals surface area contributed by atoms with Crippen LogP contribution in [0.5, 0.6) is 0 Å². The predicted octanol–water partition coefficient (Wildman–Crippen LogP) is 3.09. The SMILES string of the molecule is Cc1nc(C2CC2)c(Br)s1. The van der Waals surface area contributed by atoms with Crippen molar-refractivity contribution in [1.82, 2.24) is 4.98 Å². The Balaban J connectivity index is 2.38. The first-order valence-electron chi connectivity index (χ1n) is 3.40. The van der Waals surface area contributed by atoms with E-state index in [1.807, 2.05) is 0 Å². The third-order valence-electron chi connectivity index (χ3n) is 1.68. The number of aryl methyl sites for hydroxylation is 1. The number of hydrogen-bond acceptors (Lipinski definition) is 2. The van der Waals surface area contributed by atoms with Crippen molar-refractivity contribution in [3.05, 3.63) is 14.5 Å². The Labute approximate surface area is 72.6 Å². The standard InChI is InChI=1S/C7H8BrNS/c1-4-9-6(5-2-3-5)7(8)10-4/h5H,2-3H2,1H3. The second kappa shape index (κ2) is 2.31. The molecular weight excluding hydrogens is 210 g/mol. The summed E-state index contributed by atoms with van der Waals surface area (Å²) in [6.45, 7) is 2.06. The van der Waals surface area contributed by atoms with Crippen molar-refractivity contribution < 1.29 is 0 Å². The molecule has 0 saturated heterocycles. The molecule has 0 aromatic carbocycles. The number of thiazole rings is 1. The highest BCUT2D eigenvalue weighted by Gasteiger charge is 2.28. The molecule has 0 radical (unpaired) electrons. The summed E-state index contributed by atoms with van der Waals surface area (Å²) in [6.07, 6.45) is 2.67. The predicted molar refractivity (Wildman–Crippen MR) is 46.5 cm³/mol. The van der Waals surface area contributed by atoms with Gasteiger partial charge in [0.2, 0.25) is 0 Å². The van der Waals surface area contributed by atoms with Gasteiger partial charge in [0.15, 0.2) is 0 Å². The van der Waals surface area contributed by atoms with Gasteiger partial charge < -0.3 is 0 Å². The Morgan fingerprint density at radius 1 is 1.60 bits per heavy atom. The summed E-state index contributed by atoms with van der Waals surface area (Å²) in [7, 11) is 0. The molecule has 0 amide bonds. The van der Waals surface area contributed by atoms with Crippen molar-refractivity contribution in [2.75, 3.05) is 0 Å². The van der Waals surface area contributed by atoms with Gasteiger partial charge in [-0.2, -0.15) is 0 Å². The van der Waals surface area contributed by atoms with Crippen molar-refractivity contribution in [2.45, 2.75) is 25.7 Å². The molecule has 1 aromatic heterocycles. The van der Waals surface area contributed by atoms with Gasteiger partial charge >= 0.3 is 0 Å². The van der Waals surface area contributed by atoms with Crippen LogP contribution >= 0.6 is 27.3 Å². The molecule has 0 bridgehead atoms. The van der Waals surface area contributed by atoms with E-state index in [1.165, 1.54) is 27.3 Å². The first kappa shape index (κ1) is 6.80. The van der Waals surface area contributed by atoms with Crippen molar-refractivity contribution in [2.24, 2.45) is 0 Å². The molecule has 1 fully saturated rings. The van der Waals surface area contributed by atoms with E-state index in [2.05, 4.69) is 27.8 Å². The molecule has 0 atom stereocenters. The molecule has 1 aliphatic carbocycles. The summed E-state index contributed by atoms with van der Waals surface area (Å²) >= 11 is 5.26. The minimum atomic E-state index is 0.777. The maximum absolute atomic E-state index is 4.44. The van der Waals surface area contributed by atoms with E-state index in [4.69, 9.17) is 0 Å². The first-order valence-corrected chi connectivity index (χ1v) is 5.01. The fraction of sp³-hybridized carbons (Fsp3) is 0.571. The molecule has 3 heteroatoms. The van der Waals surface area contributed by atoms with Crippen molar-refractivity contribution in [3.8, 4) is 0 Å². The Morgan fingerprint density at radius 2 is 2.30 bits per heavy atom. The van der Waals surface area contributed by atoms with E-state index in [1.54, 1.807) is 11.3 Å². The van der Waals surface area contributed by atoms with Gasteiger partial charge in [-0.15, -0.1) is 11.3 Å². The fourth-order valence-electron chi connectivity index (χ4n) is 1.03. The minimum absolute atomic E-state index is 0.777. The molecule has 0 N–H and O–H groups in total. The number of hydrogen-bond donors (Lipinski definition) is 0. The van der Waals surface area contributed by atoms with Gasteiger partial charge in [0.25, 0.3) is 0 Å². The molecule has 0 spiro atoms. The molecular formula is C7H8BrNS. The highest BCUT2D eigenvalue weighted by molar-refractivity contribution is 9.11. The van der Waals surface area contributed by atoms with Gasteiger partial charge in [0.05, 0.1) is 14.5 Å². The van der Waals surface area contributed by atoms with Crippen LogP contribution in [0.15, 0.2) is 3.79 Å². The molecule has 1 nitrogen and oxygen atoms in total. The molecule has 1 heterocycles. The summed E-state index contributed by atoms with van der Waals surface area (Å²) in [5.41, 5.74) is 1.29. The van der Waals surface area contributed by atoms with E-state index < -0.39 is 0 Å². The lowest BCUT2D eigenvalue weighted by atomic mass is 10.3. The van der Waals surface area contributed by atoms with Crippen LogP contribution in [0.2, 0.25) is 0 Å². The quantitative estimate of drug-likeness (QED) is 0.705. The van der Waals surface area contributed by atoms with Crippen LogP contribution in [0.1, 0.15) is 29.5 Å². The maximum Gasteiger partial charge on any atom is 0.0934 e. The molecule has 2 rings (SSSR count). The molecule has 0 aliphatic heterocycles. The Hall–Kier alpha value is 0.110. The third-order valence-corrected chi connectivity index (χ3v) is 3.35. The van der Waals surface area contributed by atoms with E-state index >= 15 is 0 Å². The number of nitrogens with zero attached hydrogens (tertiary/aromatic N) is 1. The van der Waals surface area contributed by atoms with Gasteiger partial charge in [-0.1, -0.05) is 0 Å². The summed E-state index contributed by atoms with van der Waals surface area (Å²) in [4.78, 5) is 4.44. The van der Waals surface area contributed by atoms with Gasteiger partial charge in [-0.3, -0.25) is 0 Å². The average molecular weight is 218 g/mol. The van der Waals surface area contributed by atoms with Gasteiger partial charge in [0, 0.05) is 5.92 Å². The number of halogens is 1. The van der Waals surface area contributed by atoms with E-state index in [0.717, 1.165) is 5.92 Å². The van der Waals surface area contributed by atoms with Crippen molar-refractivity contribution in [3.63, 3.8) is 0 Å². The summed E-state index contributed by atoms with van der Waals surface area (Å²) < 4.78 is 1.24. The van der Waals surface area contributed by atoms with E-state index in [-0.39, 0.29) is 0 Å². The zero-order valence-corrected chi connectivity index (χ0v) is 8.13. The number of rotatable bonds is 1. The topological polar surface area (TPSA) is 12.9 Å². The molecule has 1 aliphatic rings. The Kier molecular flexibility index (Phi) is 1.57. The van der Waals surface area contributed by atoms with Crippen LogP contribution in [0.4, 0.5) is 0 Å². The van der Waals surface area contributed by atoms with Crippen LogP contribution in [0.3, 0.4) is 0 Å². The van der Waals surface area contributed by atoms with Gasteiger partial charge in [-0.05, 0) is 35.7 Å². The first-order chi connectivity index (χ1) is 4.77. The fourth-order valence-corrected chi connectivity index (χ4v) is 2.86. The minimum Gasteiger partial charge on any atom is -0.245 e. The molecule has 1 aromatic rings. The third kappa shape index (κ3) is 1.12. The zero-order valence-electron chi connectivity index (χ0n) is 5.72. The second-order valence-electron chi connectivity index (χ2n) is 2.67. The maximum atomic E-state index is 4.44. The molecule has 54 valence electrons. The lowest BCUT2D eigenvalue weighted by molar-refractivity contribution is 1.02. The van der Waals surface area contributed by atoms with Crippen LogP contribution in [0.25, 0.3) is 0 Å². The smallest absolute Gasteiger partial charge is 0.0934 e. The highest BCUT2D eigenvalue weighted by Crippen LogP contribution is 2.44. The normalized spacial score (nSPS) is 17.8. The van der Waals surface area contributed by atoms with Crippen LogP contribution in [-0.4, -0.2) is 4.98 Å². The Bertz CT molecular complexity index is 252. The van der Waals surface area contributed by atoms with Crippen LogP contribution in [-0.2, 0) is 0 Å². The van der Waals surface area contributed by atoms with Gasteiger partial charge in [0.1, 0.15) is 0 Å². The lowest BCUT2D eigenvalue weighted by Crippen LogP contribution is -1.78. The van der Waals surface area contributed by atoms with Gasteiger partial charge in [-0.25, -0.2) is 4.98 Å². The molecule has 1 saturated carbocycles. The molecule has 10 heavy (non-hydrogen) atoms. The highest BCUT2D eigenvalue weighted by atomic mass is 79.9. The summed E-state index contributed by atoms with van der Waals surface area (Å²) in [5, 5.41) is 1.17. The van der Waals surface area contributed by atoms with E-state index in [0.29, 0.717) is 0 Å². The van der Waals surface area contributed by atoms with E-state index in [9.17, 15) is 0 Å². The second-order valence-corrected chi connectivity index (χ2v) is 5.19. The largest absolute Gasteiger partial charge is 0.245 e. The Morgan fingerprint density at radius 3 is 2.70 bits per heavy atom. The summed E-state index contributed by atoms with van der Waals surface area (Å²) in [5.74, 6) is 0.777. The zero-order chi connectivity index (χ0) is 7.14. The van der Waals surface area contributed by atoms with Crippen molar-refractivity contribution >= 4 is 27.3 Å². The summed E-state index contributed by atoms with van der Waals surface area (Å²) in [6, 6.07) is 0. The van der Waals surface area contributed by atoms with Crippen molar-refractivity contribution in [1.29, 1.82) is 0 Å². The number of aromatic nitrogens is 1. The van der Waals surface area contributed by atoms with Crippen LogP contribution < -0.4 is 0 Å². The monoisotopic (exact) mass is 217 g/mol. The average Bonchev–Trinajstić information content (AvgIpc) is 2.61. The van der Waals surface area contributed by atoms with Crippen LogP contribution in [0, 0.1) is 6.92 Å². The molecule has 0 unspecified atom stereocenters.